The fourth-order valence-corrected chi connectivity index (χ4v) is 6.00. The first-order valence-corrected chi connectivity index (χ1v) is 17.0. The smallest absolute Gasteiger partial charge is 0.330 e. The largest absolute Gasteiger partial charge is 0.504 e. The molecule has 2 aromatic carbocycles. The first-order valence-electron chi connectivity index (χ1n) is 17.0. The van der Waals surface area contributed by atoms with Gasteiger partial charge in [-0.1, -0.05) is 12.1 Å². The molecule has 3 aliphatic heterocycles. The maximum Gasteiger partial charge on any atom is 0.330 e. The van der Waals surface area contributed by atoms with Crippen molar-refractivity contribution in [2.24, 2.45) is 0 Å². The van der Waals surface area contributed by atoms with Gasteiger partial charge in [0.05, 0.1) is 33.0 Å². The Morgan fingerprint density at radius 1 is 0.870 bits per heavy atom. The van der Waals surface area contributed by atoms with E-state index in [1.165, 1.54) is 56.5 Å². The molecule has 10 N–H and O–H groups in total. The third kappa shape index (κ3) is 9.40. The van der Waals surface area contributed by atoms with Gasteiger partial charge < -0.3 is 89.0 Å². The van der Waals surface area contributed by atoms with Crippen LogP contribution in [0.1, 0.15) is 18.1 Å². The molecule has 0 amide bonds. The van der Waals surface area contributed by atoms with Crippen LogP contribution in [0.15, 0.2) is 42.5 Å². The molecule has 19 nitrogen and oxygen atoms in total. The fourth-order valence-electron chi connectivity index (χ4n) is 6.00. The average molecular weight is 771 g/mol. The van der Waals surface area contributed by atoms with Crippen LogP contribution in [0.5, 0.6) is 23.0 Å². The van der Waals surface area contributed by atoms with Gasteiger partial charge in [0, 0.05) is 6.08 Å². The van der Waals surface area contributed by atoms with Crippen LogP contribution in [0.25, 0.3) is 6.08 Å². The molecule has 0 saturated carbocycles. The molecule has 54 heavy (non-hydrogen) atoms. The van der Waals surface area contributed by atoms with E-state index in [-0.39, 0.29) is 36.0 Å². The fraction of sp³-hybridized carbons (Fsp3) is 0.571. The Morgan fingerprint density at radius 3 is 2.28 bits per heavy atom. The Labute approximate surface area is 308 Å². The third-order valence-corrected chi connectivity index (χ3v) is 9.31. The number of hydrogen-bond donors (Lipinski definition) is 10. The molecule has 300 valence electrons. The number of carbonyl (C=O) groups is 1. The van der Waals surface area contributed by atoms with Crippen molar-refractivity contribution in [3.05, 3.63) is 53.6 Å². The van der Waals surface area contributed by atoms with Crippen molar-refractivity contribution in [1.82, 2.24) is 0 Å². The minimum absolute atomic E-state index is 0.109. The topological polar surface area (TPSA) is 293 Å². The van der Waals surface area contributed by atoms with Crippen molar-refractivity contribution in [3.63, 3.8) is 0 Å². The number of aliphatic hydroxyl groups excluding tert-OH is 6. The summed E-state index contributed by atoms with van der Waals surface area (Å²) in [6, 6.07) is 8.45. The summed E-state index contributed by atoms with van der Waals surface area (Å²) in [5, 5.41) is 104. The van der Waals surface area contributed by atoms with E-state index in [0.29, 0.717) is 11.1 Å². The summed E-state index contributed by atoms with van der Waals surface area (Å²) in [5.74, 6) is -1.54. The summed E-state index contributed by atoms with van der Waals surface area (Å²) >= 11 is 0. The van der Waals surface area contributed by atoms with Crippen LogP contribution in [0.2, 0.25) is 0 Å². The normalized spacial score (nSPS) is 35.6. The highest BCUT2D eigenvalue weighted by molar-refractivity contribution is 5.87. The Kier molecular flexibility index (Phi) is 13.7. The van der Waals surface area contributed by atoms with Gasteiger partial charge in [0.15, 0.2) is 41.9 Å². The number of rotatable bonds is 14. The monoisotopic (exact) mass is 770 g/mol. The maximum atomic E-state index is 12.8. The second-order valence-electron chi connectivity index (χ2n) is 13.1. The van der Waals surface area contributed by atoms with E-state index in [2.05, 4.69) is 0 Å². The summed E-state index contributed by atoms with van der Waals surface area (Å²) in [7, 11) is 1.36. The molecule has 3 saturated heterocycles. The van der Waals surface area contributed by atoms with Crippen LogP contribution in [0.3, 0.4) is 0 Å². The van der Waals surface area contributed by atoms with Crippen LogP contribution < -0.4 is 4.74 Å². The molecule has 3 heterocycles. The van der Waals surface area contributed by atoms with Crippen LogP contribution in [-0.2, 0) is 44.4 Å². The second kappa shape index (κ2) is 17.9. The number of carbonyl (C=O) groups excluding carboxylic acids is 1. The number of aromatic hydroxyl groups is 3. The Morgan fingerprint density at radius 2 is 1.59 bits per heavy atom. The van der Waals surface area contributed by atoms with Crippen molar-refractivity contribution in [2.75, 3.05) is 33.5 Å². The number of esters is 1. The number of hydrogen-bond acceptors (Lipinski definition) is 19. The summed E-state index contributed by atoms with van der Waals surface area (Å²) in [6.07, 6.45) is -16.8. The SMILES string of the molecule is COc1cc(/C=C/C(=O)OC[C@H]2O[C@@H](OCCc3ccc(O)c(O)c3)[C@H](O[C@@H]3OC[C@](O)(CO)[C@@H]3O)[C@@H](O[C@@H]3O[C@@H](C)[C@H](O)[C@@H](O)[C@H]3O)[C@@H]2O)ccc1O. The molecule has 0 spiro atoms. The van der Waals surface area contributed by atoms with Crippen molar-refractivity contribution in [3.8, 4) is 23.0 Å². The zero-order chi connectivity index (χ0) is 39.3. The highest BCUT2D eigenvalue weighted by Crippen LogP contribution is 2.35. The summed E-state index contributed by atoms with van der Waals surface area (Å²) < 4.78 is 45.5. The molecular formula is C35H46O19. The van der Waals surface area contributed by atoms with E-state index in [1.807, 2.05) is 0 Å². The summed E-state index contributed by atoms with van der Waals surface area (Å²) in [6.45, 7) is -0.830. The Hall–Kier alpha value is -3.67. The number of aliphatic hydroxyl groups is 7. The Balaban J connectivity index is 1.40. The molecular weight excluding hydrogens is 724 g/mol. The van der Waals surface area contributed by atoms with Gasteiger partial charge in [-0.15, -0.1) is 0 Å². The van der Waals surface area contributed by atoms with Crippen molar-refractivity contribution >= 4 is 12.0 Å². The first kappa shape index (κ1) is 41.5. The predicted octanol–water partition coefficient (Wildman–Crippen LogP) is -2.25. The van der Waals surface area contributed by atoms with Gasteiger partial charge in [-0.3, -0.25) is 0 Å². The zero-order valence-corrected chi connectivity index (χ0v) is 29.2. The molecule has 5 rings (SSSR count). The second-order valence-corrected chi connectivity index (χ2v) is 13.1. The number of methoxy groups -OCH3 is 1. The average Bonchev–Trinajstić information content (AvgIpc) is 3.44. The maximum absolute atomic E-state index is 12.8. The van der Waals surface area contributed by atoms with Crippen LogP contribution in [0.4, 0.5) is 0 Å². The van der Waals surface area contributed by atoms with Crippen LogP contribution >= 0.6 is 0 Å². The molecule has 3 aliphatic rings. The molecule has 0 radical (unpaired) electrons. The lowest BCUT2D eigenvalue weighted by molar-refractivity contribution is -0.375. The van der Waals surface area contributed by atoms with Crippen LogP contribution in [-0.4, -0.2) is 170 Å². The molecule has 0 aliphatic carbocycles. The first-order chi connectivity index (χ1) is 25.6. The molecule has 0 unspecified atom stereocenters. The van der Waals surface area contributed by atoms with E-state index >= 15 is 0 Å². The molecule has 19 heteroatoms. The highest BCUT2D eigenvalue weighted by atomic mass is 16.8. The molecule has 3 fully saturated rings. The van der Waals surface area contributed by atoms with Crippen molar-refractivity contribution in [1.29, 1.82) is 0 Å². The Bertz CT molecular complexity index is 1590. The van der Waals surface area contributed by atoms with Gasteiger partial charge >= 0.3 is 5.97 Å². The summed E-state index contributed by atoms with van der Waals surface area (Å²) in [5.41, 5.74) is -1.12. The molecule has 13 atom stereocenters. The predicted molar refractivity (Wildman–Crippen MR) is 179 cm³/mol. The van der Waals surface area contributed by atoms with Gasteiger partial charge in [0.1, 0.15) is 61.0 Å². The quantitative estimate of drug-likeness (QED) is 0.0552. The third-order valence-electron chi connectivity index (χ3n) is 9.31. The van der Waals surface area contributed by atoms with Gasteiger partial charge in [-0.25, -0.2) is 4.79 Å². The molecule has 0 bridgehead atoms. The van der Waals surface area contributed by atoms with Gasteiger partial charge in [-0.05, 0) is 54.8 Å². The number of benzene rings is 2. The van der Waals surface area contributed by atoms with Crippen molar-refractivity contribution in [2.45, 2.75) is 92.8 Å². The summed E-state index contributed by atoms with van der Waals surface area (Å²) in [4.78, 5) is 12.8. The van der Waals surface area contributed by atoms with E-state index in [0.717, 1.165) is 6.08 Å². The van der Waals surface area contributed by atoms with Gasteiger partial charge in [-0.2, -0.15) is 0 Å². The molecule has 2 aromatic rings. The number of phenolic OH excluding ortho intramolecular Hbond substituents is 3. The van der Waals surface area contributed by atoms with E-state index in [4.69, 9.17) is 37.9 Å². The lowest BCUT2D eigenvalue weighted by atomic mass is 9.96. The van der Waals surface area contributed by atoms with E-state index in [9.17, 15) is 55.9 Å². The van der Waals surface area contributed by atoms with Gasteiger partial charge in [0.25, 0.3) is 0 Å². The standard InChI is InChI=1S/C35H46O19/c1-16-25(41)27(43)28(44)32(51-16)53-29-26(42)23(13-49-24(40)8-5-17-4-7-20(38)22(12-17)47-2)52-33(48-10-9-18-3-6-19(37)21(39)11-18)30(29)54-34-31(45)35(46,14-36)15-50-34/h3-8,11-12,16,23,25-34,36-39,41-46H,9-10,13-15H2,1-2H3/b8-5+/t16-,23+,25-,26+,27+,28+,29-,30+,31+,32-,33+,34-,35+/m0/s1. The number of phenols is 3. The highest BCUT2D eigenvalue weighted by Gasteiger charge is 2.55. The minimum Gasteiger partial charge on any atom is -0.504 e. The van der Waals surface area contributed by atoms with Crippen LogP contribution in [0, 0.1) is 0 Å². The number of ether oxygens (including phenoxy) is 8. The lowest BCUT2D eigenvalue weighted by Gasteiger charge is -2.47. The minimum atomic E-state index is -2.12. The van der Waals surface area contributed by atoms with Gasteiger partial charge in [0.2, 0.25) is 0 Å². The van der Waals surface area contributed by atoms with Crippen molar-refractivity contribution < 1.29 is 93.8 Å². The van der Waals surface area contributed by atoms with E-state index in [1.54, 1.807) is 0 Å². The lowest BCUT2D eigenvalue weighted by Crippen LogP contribution is -2.65. The zero-order valence-electron chi connectivity index (χ0n) is 29.2. The molecule has 0 aromatic heterocycles. The van der Waals surface area contributed by atoms with E-state index < -0.39 is 105 Å².